The van der Waals surface area contributed by atoms with Crippen molar-refractivity contribution in [2.24, 2.45) is 0 Å². The molecule has 2 aromatic rings. The van der Waals surface area contributed by atoms with Gasteiger partial charge in [-0.05, 0) is 61.9 Å². The number of hydrogen-bond acceptors (Lipinski definition) is 5. The van der Waals surface area contributed by atoms with Gasteiger partial charge in [0.25, 0.3) is 5.91 Å². The minimum Gasteiger partial charge on any atom is -0.494 e. The topological polar surface area (TPSA) is 88.4 Å². The van der Waals surface area contributed by atoms with Gasteiger partial charge in [0.1, 0.15) is 17.4 Å². The summed E-state index contributed by atoms with van der Waals surface area (Å²) in [6.07, 6.45) is 0.308. The number of halogens is 1. The van der Waals surface area contributed by atoms with Gasteiger partial charge in [0.15, 0.2) is 6.10 Å². The number of amides is 1. The third kappa shape index (κ3) is 6.15. The standard InChI is InChI=1S/C21H19ClN2O4/c1-3-27-19-10-4-15(5-11-19)12-16(13-23)21(26)28-14(2)20(25)24-18-8-6-17(22)7-9-18/h4-12,14H,3H2,1-2H3,(H,24,25)/b16-12+/t14-/m1/s1. The van der Waals surface area contributed by atoms with Gasteiger partial charge in [-0.25, -0.2) is 4.79 Å². The maximum Gasteiger partial charge on any atom is 0.349 e. The molecule has 1 N–H and O–H groups in total. The summed E-state index contributed by atoms with van der Waals surface area (Å²) in [4.78, 5) is 24.4. The highest BCUT2D eigenvalue weighted by molar-refractivity contribution is 6.30. The van der Waals surface area contributed by atoms with Gasteiger partial charge in [-0.15, -0.1) is 0 Å². The Morgan fingerprint density at radius 1 is 1.18 bits per heavy atom. The molecule has 7 heteroatoms. The lowest BCUT2D eigenvalue weighted by molar-refractivity contribution is -0.148. The Hall–Kier alpha value is -3.30. The van der Waals surface area contributed by atoms with E-state index >= 15 is 0 Å². The number of ether oxygens (including phenoxy) is 2. The highest BCUT2D eigenvalue weighted by atomic mass is 35.5. The second-order valence-electron chi connectivity index (χ2n) is 5.72. The second-order valence-corrected chi connectivity index (χ2v) is 6.15. The number of carbonyl (C=O) groups excluding carboxylic acids is 2. The van der Waals surface area contributed by atoms with Crippen LogP contribution in [-0.2, 0) is 14.3 Å². The molecule has 0 radical (unpaired) electrons. The number of nitriles is 1. The average molecular weight is 399 g/mol. The minimum atomic E-state index is -1.08. The van der Waals surface area contributed by atoms with Crippen molar-refractivity contribution in [3.05, 3.63) is 64.7 Å². The van der Waals surface area contributed by atoms with Crippen molar-refractivity contribution in [2.45, 2.75) is 20.0 Å². The van der Waals surface area contributed by atoms with Crippen LogP contribution >= 0.6 is 11.6 Å². The zero-order chi connectivity index (χ0) is 20.5. The van der Waals surface area contributed by atoms with Crippen molar-refractivity contribution in [3.8, 4) is 11.8 Å². The molecule has 0 saturated carbocycles. The summed E-state index contributed by atoms with van der Waals surface area (Å²) in [5.41, 5.74) is 0.938. The van der Waals surface area contributed by atoms with E-state index in [-0.39, 0.29) is 5.57 Å². The summed E-state index contributed by atoms with van der Waals surface area (Å²) >= 11 is 5.80. The fraction of sp³-hybridized carbons (Fsp3) is 0.190. The Labute approximate surface area is 168 Å². The summed E-state index contributed by atoms with van der Waals surface area (Å²) in [5, 5.41) is 12.4. The Morgan fingerprint density at radius 2 is 1.82 bits per heavy atom. The van der Waals surface area contributed by atoms with Crippen LogP contribution in [0.4, 0.5) is 5.69 Å². The zero-order valence-electron chi connectivity index (χ0n) is 15.4. The van der Waals surface area contributed by atoms with Gasteiger partial charge in [-0.3, -0.25) is 4.79 Å². The molecule has 2 rings (SSSR count). The number of hydrogen-bond donors (Lipinski definition) is 1. The fourth-order valence-electron chi connectivity index (χ4n) is 2.19. The first-order valence-corrected chi connectivity index (χ1v) is 8.92. The minimum absolute atomic E-state index is 0.213. The third-order valence-corrected chi connectivity index (χ3v) is 3.86. The summed E-state index contributed by atoms with van der Waals surface area (Å²) in [5.74, 6) is -0.711. The number of rotatable bonds is 7. The van der Waals surface area contributed by atoms with Crippen LogP contribution in [0.2, 0.25) is 5.02 Å². The molecule has 1 atom stereocenters. The molecule has 0 saturated heterocycles. The number of nitrogens with zero attached hydrogens (tertiary/aromatic N) is 1. The number of benzene rings is 2. The molecule has 28 heavy (non-hydrogen) atoms. The van der Waals surface area contributed by atoms with E-state index in [9.17, 15) is 14.9 Å². The van der Waals surface area contributed by atoms with Gasteiger partial charge in [-0.1, -0.05) is 23.7 Å². The molecule has 0 unspecified atom stereocenters. The van der Waals surface area contributed by atoms with Crippen molar-refractivity contribution in [3.63, 3.8) is 0 Å². The SMILES string of the molecule is CCOc1ccc(/C=C(\C#N)C(=O)O[C@H](C)C(=O)Nc2ccc(Cl)cc2)cc1. The van der Waals surface area contributed by atoms with E-state index in [1.165, 1.54) is 13.0 Å². The van der Waals surface area contributed by atoms with E-state index in [4.69, 9.17) is 21.1 Å². The van der Waals surface area contributed by atoms with Crippen LogP contribution in [-0.4, -0.2) is 24.6 Å². The van der Waals surface area contributed by atoms with Crippen molar-refractivity contribution >= 4 is 35.2 Å². The van der Waals surface area contributed by atoms with Crippen LogP contribution in [0.3, 0.4) is 0 Å². The first-order chi connectivity index (χ1) is 13.4. The van der Waals surface area contributed by atoms with Crippen LogP contribution in [0.1, 0.15) is 19.4 Å². The van der Waals surface area contributed by atoms with Crippen LogP contribution in [0.15, 0.2) is 54.1 Å². The summed E-state index contributed by atoms with van der Waals surface area (Å²) < 4.78 is 10.4. The molecule has 0 bridgehead atoms. The van der Waals surface area contributed by atoms with Crippen LogP contribution in [0.25, 0.3) is 6.08 Å². The number of esters is 1. The summed E-state index contributed by atoms with van der Waals surface area (Å²) in [6.45, 7) is 3.85. The van der Waals surface area contributed by atoms with E-state index < -0.39 is 18.0 Å². The molecular weight excluding hydrogens is 380 g/mol. The van der Waals surface area contributed by atoms with E-state index in [1.807, 2.05) is 6.92 Å². The van der Waals surface area contributed by atoms with Crippen molar-refractivity contribution in [1.82, 2.24) is 0 Å². The average Bonchev–Trinajstić information content (AvgIpc) is 2.69. The number of anilines is 1. The zero-order valence-corrected chi connectivity index (χ0v) is 16.2. The normalized spacial score (nSPS) is 11.9. The number of nitrogens with one attached hydrogen (secondary N) is 1. The largest absolute Gasteiger partial charge is 0.494 e. The molecule has 1 amide bonds. The molecule has 0 aliphatic heterocycles. The van der Waals surface area contributed by atoms with Crippen molar-refractivity contribution in [2.75, 3.05) is 11.9 Å². The van der Waals surface area contributed by atoms with Gasteiger partial charge in [0.2, 0.25) is 0 Å². The van der Waals surface area contributed by atoms with E-state index in [0.717, 1.165) is 0 Å². The Balaban J connectivity index is 2.00. The van der Waals surface area contributed by atoms with Crippen LogP contribution in [0.5, 0.6) is 5.75 Å². The molecule has 0 fully saturated rings. The smallest absolute Gasteiger partial charge is 0.349 e. The monoisotopic (exact) mass is 398 g/mol. The third-order valence-electron chi connectivity index (χ3n) is 3.61. The molecule has 0 spiro atoms. The second kappa shape index (κ2) is 10.1. The molecule has 0 heterocycles. The first-order valence-electron chi connectivity index (χ1n) is 8.55. The quantitative estimate of drug-likeness (QED) is 0.428. The van der Waals surface area contributed by atoms with Gasteiger partial charge in [0, 0.05) is 10.7 Å². The Kier molecular flexibility index (Phi) is 7.61. The number of carbonyl (C=O) groups is 2. The van der Waals surface area contributed by atoms with Crippen molar-refractivity contribution < 1.29 is 19.1 Å². The van der Waals surface area contributed by atoms with E-state index in [2.05, 4.69) is 5.32 Å². The van der Waals surface area contributed by atoms with Crippen LogP contribution in [0, 0.1) is 11.3 Å². The lowest BCUT2D eigenvalue weighted by Gasteiger charge is -2.13. The molecule has 6 nitrogen and oxygen atoms in total. The molecule has 2 aromatic carbocycles. The van der Waals surface area contributed by atoms with E-state index in [1.54, 1.807) is 54.6 Å². The van der Waals surface area contributed by atoms with Crippen LogP contribution < -0.4 is 10.1 Å². The van der Waals surface area contributed by atoms with E-state index in [0.29, 0.717) is 28.6 Å². The van der Waals surface area contributed by atoms with Gasteiger partial charge in [-0.2, -0.15) is 5.26 Å². The highest BCUT2D eigenvalue weighted by Crippen LogP contribution is 2.16. The lowest BCUT2D eigenvalue weighted by atomic mass is 10.1. The Morgan fingerprint density at radius 3 is 2.39 bits per heavy atom. The Bertz CT molecular complexity index is 899. The van der Waals surface area contributed by atoms with Crippen molar-refractivity contribution in [1.29, 1.82) is 5.26 Å². The molecule has 144 valence electrons. The fourth-order valence-corrected chi connectivity index (χ4v) is 2.31. The molecule has 0 aromatic heterocycles. The van der Waals surface area contributed by atoms with Gasteiger partial charge in [0.05, 0.1) is 6.61 Å². The highest BCUT2D eigenvalue weighted by Gasteiger charge is 2.20. The van der Waals surface area contributed by atoms with Gasteiger partial charge < -0.3 is 14.8 Å². The molecule has 0 aliphatic rings. The predicted octanol–water partition coefficient (Wildman–Crippen LogP) is 4.22. The molecular formula is C21H19ClN2O4. The lowest BCUT2D eigenvalue weighted by Crippen LogP contribution is -2.30. The summed E-state index contributed by atoms with van der Waals surface area (Å²) in [6, 6.07) is 15.2. The van der Waals surface area contributed by atoms with Gasteiger partial charge >= 0.3 is 5.97 Å². The molecule has 0 aliphatic carbocycles. The summed E-state index contributed by atoms with van der Waals surface area (Å²) in [7, 11) is 0. The maximum atomic E-state index is 12.2. The first kappa shape index (κ1) is 21.0. The predicted molar refractivity (Wildman–Crippen MR) is 107 cm³/mol. The maximum absolute atomic E-state index is 12.2.